The van der Waals surface area contributed by atoms with Crippen molar-refractivity contribution in [2.45, 2.75) is 37.8 Å². The van der Waals surface area contributed by atoms with Crippen molar-refractivity contribution in [3.8, 4) is 0 Å². The fraction of sp³-hybridized carbons (Fsp3) is 0.364. The molecule has 2 atom stereocenters. The number of carboxylic acid groups (broad SMARTS) is 2. The van der Waals surface area contributed by atoms with Crippen LogP contribution in [-0.2, 0) is 15.1 Å². The average molecular weight is 494 g/mol. The Hall–Kier alpha value is -3.25. The van der Waals surface area contributed by atoms with E-state index in [1.54, 1.807) is 12.3 Å². The van der Waals surface area contributed by atoms with Crippen LogP contribution in [0.3, 0.4) is 0 Å². The Morgan fingerprint density at radius 1 is 1.26 bits per heavy atom. The molecule has 0 amide bonds. The summed E-state index contributed by atoms with van der Waals surface area (Å²) in [6, 6.07) is 3.66. The minimum atomic E-state index is -3.23. The van der Waals surface area contributed by atoms with Gasteiger partial charge in [-0.2, -0.15) is 0 Å². The van der Waals surface area contributed by atoms with E-state index in [1.165, 1.54) is 42.5 Å². The van der Waals surface area contributed by atoms with Crippen LogP contribution in [0.1, 0.15) is 29.6 Å². The minimum absolute atomic E-state index is 0.0149. The standard InChI is InChI=1S/C22H21F3N4O4S/c1-11-9-34-18(26-11)17-27-14(8-29-10-22(24,25)7-15(29)19(30)31)16(20(32)33)21(2,28-17)12-3-5-13(23)6-4-12/h3-6,9,15H,7-8,10H2,1-2H3,(H,27,28)(H,30,31)(H,32,33)/t15-,21+/m0/s1. The molecule has 1 aromatic carbocycles. The van der Waals surface area contributed by atoms with Crippen LogP contribution < -0.4 is 5.32 Å². The molecule has 2 aliphatic rings. The van der Waals surface area contributed by atoms with Crippen LogP contribution in [0.25, 0.3) is 0 Å². The number of likely N-dealkylation sites (tertiary alicyclic amines) is 1. The highest BCUT2D eigenvalue weighted by atomic mass is 32.1. The van der Waals surface area contributed by atoms with Crippen molar-refractivity contribution in [2.75, 3.05) is 13.1 Å². The van der Waals surface area contributed by atoms with Crippen LogP contribution in [-0.4, -0.2) is 62.9 Å². The van der Waals surface area contributed by atoms with Gasteiger partial charge in [-0.1, -0.05) is 12.1 Å². The van der Waals surface area contributed by atoms with Crippen molar-refractivity contribution in [2.24, 2.45) is 4.99 Å². The molecule has 180 valence electrons. The maximum atomic E-state index is 14.1. The number of hydrogen-bond donors (Lipinski definition) is 3. The van der Waals surface area contributed by atoms with Crippen molar-refractivity contribution >= 4 is 29.1 Å². The molecule has 0 bridgehead atoms. The third-order valence-electron chi connectivity index (χ3n) is 5.85. The molecule has 3 heterocycles. The number of nitrogens with zero attached hydrogens (tertiary/aromatic N) is 3. The maximum absolute atomic E-state index is 14.1. The van der Waals surface area contributed by atoms with E-state index in [1.807, 2.05) is 0 Å². The number of aromatic nitrogens is 1. The predicted molar refractivity (Wildman–Crippen MR) is 117 cm³/mol. The van der Waals surface area contributed by atoms with E-state index in [4.69, 9.17) is 0 Å². The molecular weight excluding hydrogens is 473 g/mol. The molecule has 1 aromatic heterocycles. The summed E-state index contributed by atoms with van der Waals surface area (Å²) in [5.74, 6) is -6.33. The van der Waals surface area contributed by atoms with Gasteiger partial charge in [0.1, 0.15) is 17.4 Å². The Bertz CT molecular complexity index is 1210. The van der Waals surface area contributed by atoms with Gasteiger partial charge in [0, 0.05) is 29.7 Å². The number of carboxylic acids is 2. The topological polar surface area (TPSA) is 115 Å². The van der Waals surface area contributed by atoms with Crippen LogP contribution in [0.2, 0.25) is 0 Å². The van der Waals surface area contributed by atoms with Crippen molar-refractivity contribution in [1.29, 1.82) is 0 Å². The lowest BCUT2D eigenvalue weighted by molar-refractivity contribution is -0.142. The highest BCUT2D eigenvalue weighted by Gasteiger charge is 2.50. The summed E-state index contributed by atoms with van der Waals surface area (Å²) < 4.78 is 41.8. The summed E-state index contributed by atoms with van der Waals surface area (Å²) in [7, 11) is 0. The van der Waals surface area contributed by atoms with Gasteiger partial charge in [0.25, 0.3) is 5.92 Å². The zero-order valence-electron chi connectivity index (χ0n) is 18.2. The van der Waals surface area contributed by atoms with Crippen molar-refractivity contribution < 1.29 is 33.0 Å². The summed E-state index contributed by atoms with van der Waals surface area (Å²) in [6.45, 7) is 2.07. The zero-order valence-corrected chi connectivity index (χ0v) is 19.0. The van der Waals surface area contributed by atoms with Crippen LogP contribution in [0, 0.1) is 12.7 Å². The molecule has 34 heavy (non-hydrogen) atoms. The van der Waals surface area contributed by atoms with Crippen molar-refractivity contribution in [3.05, 3.63) is 63.0 Å². The molecule has 0 radical (unpaired) electrons. The van der Waals surface area contributed by atoms with Gasteiger partial charge >= 0.3 is 11.9 Å². The number of aryl methyl sites for hydroxylation is 1. The molecule has 1 saturated heterocycles. The Balaban J connectivity index is 1.85. The summed E-state index contributed by atoms with van der Waals surface area (Å²) >= 11 is 1.25. The molecule has 0 unspecified atom stereocenters. The van der Waals surface area contributed by atoms with E-state index in [-0.39, 0.29) is 17.1 Å². The normalized spacial score (nSPS) is 24.6. The molecule has 8 nitrogen and oxygen atoms in total. The minimum Gasteiger partial charge on any atom is -0.480 e. The summed E-state index contributed by atoms with van der Waals surface area (Å²) in [5.41, 5.74) is -0.711. The SMILES string of the molecule is Cc1csc(C2=N[C@](C)(c3ccc(F)cc3)C(C(=O)O)=C(CN3CC(F)(F)C[C@H]3C(=O)O)N2)n1. The first-order chi connectivity index (χ1) is 15.9. The first-order valence-corrected chi connectivity index (χ1v) is 11.1. The van der Waals surface area contributed by atoms with Crippen LogP contribution in [0.5, 0.6) is 0 Å². The molecule has 0 aliphatic carbocycles. The van der Waals surface area contributed by atoms with Crippen LogP contribution >= 0.6 is 11.3 Å². The van der Waals surface area contributed by atoms with Crippen molar-refractivity contribution in [1.82, 2.24) is 15.2 Å². The second-order valence-corrected chi connectivity index (χ2v) is 9.29. The first-order valence-electron chi connectivity index (χ1n) is 10.3. The lowest BCUT2D eigenvalue weighted by Gasteiger charge is -2.35. The lowest BCUT2D eigenvalue weighted by atomic mass is 9.82. The number of benzene rings is 1. The van der Waals surface area contributed by atoms with E-state index in [2.05, 4.69) is 15.3 Å². The molecule has 0 spiro atoms. The number of thiazole rings is 1. The Kier molecular flexibility index (Phi) is 5.98. The highest BCUT2D eigenvalue weighted by molar-refractivity contribution is 7.11. The fourth-order valence-corrected chi connectivity index (χ4v) is 5.05. The smallest absolute Gasteiger partial charge is 0.336 e. The van der Waals surface area contributed by atoms with Gasteiger partial charge in [-0.3, -0.25) is 9.69 Å². The van der Waals surface area contributed by atoms with Gasteiger partial charge in [-0.25, -0.2) is 27.9 Å². The fourth-order valence-electron chi connectivity index (χ4n) is 4.31. The molecular formula is C22H21F3N4O4S. The predicted octanol–water partition coefficient (Wildman–Crippen LogP) is 2.99. The number of amidine groups is 1. The lowest BCUT2D eigenvalue weighted by Crippen LogP contribution is -2.46. The number of carbonyl (C=O) groups is 2. The summed E-state index contributed by atoms with van der Waals surface area (Å²) in [5, 5.41) is 24.7. The number of hydrogen-bond acceptors (Lipinski definition) is 7. The Morgan fingerprint density at radius 3 is 2.50 bits per heavy atom. The van der Waals surface area contributed by atoms with E-state index in [9.17, 15) is 33.0 Å². The number of rotatable bonds is 6. The molecule has 1 fully saturated rings. The van der Waals surface area contributed by atoms with Gasteiger partial charge in [0.05, 0.1) is 12.1 Å². The average Bonchev–Trinajstić information content (AvgIpc) is 3.30. The third kappa shape index (κ3) is 4.42. The number of nitrogens with one attached hydrogen (secondary N) is 1. The molecule has 2 aromatic rings. The highest BCUT2D eigenvalue weighted by Crippen LogP contribution is 2.40. The number of aliphatic imine (C=N–C) groups is 1. The van der Waals surface area contributed by atoms with E-state index in [0.717, 1.165) is 4.90 Å². The van der Waals surface area contributed by atoms with Crippen molar-refractivity contribution in [3.63, 3.8) is 0 Å². The van der Waals surface area contributed by atoms with Crippen LogP contribution in [0.15, 0.2) is 45.9 Å². The molecule has 4 rings (SSSR count). The van der Waals surface area contributed by atoms with Gasteiger partial charge in [-0.05, 0) is 31.5 Å². The number of halogens is 3. The second kappa shape index (κ2) is 8.51. The summed E-state index contributed by atoms with van der Waals surface area (Å²) in [6.07, 6.45) is -0.875. The van der Waals surface area contributed by atoms with E-state index >= 15 is 0 Å². The number of alkyl halides is 2. The summed E-state index contributed by atoms with van der Waals surface area (Å²) in [4.78, 5) is 34.1. The molecule has 0 saturated carbocycles. The zero-order chi connectivity index (χ0) is 24.8. The Labute approximate surface area is 196 Å². The monoisotopic (exact) mass is 494 g/mol. The first kappa shape index (κ1) is 23.9. The van der Waals surface area contributed by atoms with Gasteiger partial charge in [-0.15, -0.1) is 11.3 Å². The Morgan fingerprint density at radius 2 is 1.94 bits per heavy atom. The largest absolute Gasteiger partial charge is 0.480 e. The van der Waals surface area contributed by atoms with E-state index < -0.39 is 54.8 Å². The van der Waals surface area contributed by atoms with E-state index in [0.29, 0.717) is 16.3 Å². The number of aliphatic carboxylic acids is 2. The third-order valence-corrected chi connectivity index (χ3v) is 6.82. The van der Waals surface area contributed by atoms with Gasteiger partial charge < -0.3 is 15.5 Å². The van der Waals surface area contributed by atoms with Gasteiger partial charge in [0.15, 0.2) is 10.8 Å². The molecule has 12 heteroatoms. The second-order valence-electron chi connectivity index (χ2n) is 8.44. The molecule has 2 aliphatic heterocycles. The quantitative estimate of drug-likeness (QED) is 0.566. The van der Waals surface area contributed by atoms with Crippen LogP contribution in [0.4, 0.5) is 13.2 Å². The maximum Gasteiger partial charge on any atom is 0.336 e. The molecule has 3 N–H and O–H groups in total. The van der Waals surface area contributed by atoms with Gasteiger partial charge in [0.2, 0.25) is 0 Å².